The van der Waals surface area contributed by atoms with Crippen LogP contribution in [0.25, 0.3) is 0 Å². The molecular weight excluding hydrogens is 369 g/mol. The van der Waals surface area contributed by atoms with Crippen LogP contribution in [0.5, 0.6) is 5.75 Å². The number of hydrogen-bond donors (Lipinski definition) is 0. The van der Waals surface area contributed by atoms with Gasteiger partial charge in [0, 0.05) is 34.2 Å². The van der Waals surface area contributed by atoms with Crippen LogP contribution in [0.4, 0.5) is 17.1 Å². The fourth-order valence-corrected chi connectivity index (χ4v) is 2.81. The summed E-state index contributed by atoms with van der Waals surface area (Å²) in [6.45, 7) is 1.08. The van der Waals surface area contributed by atoms with Gasteiger partial charge in [-0.15, -0.1) is 0 Å². The fraction of sp³-hybridized carbons (Fsp3) is 0.143. The molecule has 0 aliphatic rings. The SMILES string of the molecule is COCCOc1ccc(N(c2ccc(Cl)cc2)c2ccc(Cl)cc2)cc1. The second-order valence-corrected chi connectivity index (χ2v) is 6.50. The summed E-state index contributed by atoms with van der Waals surface area (Å²) in [6, 6.07) is 23.4. The van der Waals surface area contributed by atoms with Crippen molar-refractivity contribution in [3.63, 3.8) is 0 Å². The van der Waals surface area contributed by atoms with Gasteiger partial charge in [0.15, 0.2) is 0 Å². The molecule has 0 atom stereocenters. The molecule has 0 radical (unpaired) electrons. The zero-order valence-electron chi connectivity index (χ0n) is 14.4. The van der Waals surface area contributed by atoms with Crippen molar-refractivity contribution < 1.29 is 9.47 Å². The van der Waals surface area contributed by atoms with E-state index in [-0.39, 0.29) is 0 Å². The van der Waals surface area contributed by atoms with Crippen molar-refractivity contribution in [1.82, 2.24) is 0 Å². The summed E-state index contributed by atoms with van der Waals surface area (Å²) in [5.41, 5.74) is 3.02. The molecule has 0 aromatic heterocycles. The van der Waals surface area contributed by atoms with Crippen LogP contribution in [0.1, 0.15) is 0 Å². The fourth-order valence-electron chi connectivity index (χ4n) is 2.56. The van der Waals surface area contributed by atoms with E-state index in [0.29, 0.717) is 23.3 Å². The van der Waals surface area contributed by atoms with Crippen LogP contribution >= 0.6 is 23.2 Å². The number of anilines is 3. The van der Waals surface area contributed by atoms with Crippen molar-refractivity contribution in [3.8, 4) is 5.75 Å². The van der Waals surface area contributed by atoms with E-state index in [0.717, 1.165) is 22.8 Å². The topological polar surface area (TPSA) is 21.7 Å². The average Bonchev–Trinajstić information content (AvgIpc) is 2.66. The summed E-state index contributed by atoms with van der Waals surface area (Å²) in [6.07, 6.45) is 0. The van der Waals surface area contributed by atoms with Crippen molar-refractivity contribution in [2.75, 3.05) is 25.2 Å². The molecule has 0 amide bonds. The lowest BCUT2D eigenvalue weighted by Gasteiger charge is -2.25. The predicted octanol–water partition coefficient (Wildman–Crippen LogP) is 6.49. The lowest BCUT2D eigenvalue weighted by molar-refractivity contribution is 0.146. The van der Waals surface area contributed by atoms with E-state index in [4.69, 9.17) is 32.7 Å². The second kappa shape index (κ2) is 8.95. The Hall–Kier alpha value is -2.20. The highest BCUT2D eigenvalue weighted by Crippen LogP contribution is 2.36. The summed E-state index contributed by atoms with van der Waals surface area (Å²) < 4.78 is 10.7. The zero-order valence-corrected chi connectivity index (χ0v) is 15.9. The van der Waals surface area contributed by atoms with Gasteiger partial charge >= 0.3 is 0 Å². The van der Waals surface area contributed by atoms with Crippen LogP contribution in [0.3, 0.4) is 0 Å². The van der Waals surface area contributed by atoms with Crippen molar-refractivity contribution in [3.05, 3.63) is 82.8 Å². The summed E-state index contributed by atoms with van der Waals surface area (Å²) in [7, 11) is 1.66. The molecule has 0 fully saturated rings. The van der Waals surface area contributed by atoms with Gasteiger partial charge in [-0.1, -0.05) is 23.2 Å². The molecular formula is C21H19Cl2NO2. The first-order valence-electron chi connectivity index (χ1n) is 8.20. The van der Waals surface area contributed by atoms with Gasteiger partial charge in [-0.3, -0.25) is 0 Å². The molecule has 3 aromatic rings. The number of hydrogen-bond acceptors (Lipinski definition) is 3. The van der Waals surface area contributed by atoms with E-state index < -0.39 is 0 Å². The standard InChI is InChI=1S/C21H19Cl2NO2/c1-25-14-15-26-21-12-10-20(11-13-21)24(18-6-2-16(22)3-7-18)19-8-4-17(23)5-9-19/h2-13H,14-15H2,1H3. The van der Waals surface area contributed by atoms with E-state index in [9.17, 15) is 0 Å². The minimum Gasteiger partial charge on any atom is -0.491 e. The maximum atomic E-state index is 6.05. The first kappa shape index (κ1) is 18.6. The lowest BCUT2D eigenvalue weighted by Crippen LogP contribution is -2.10. The van der Waals surface area contributed by atoms with E-state index in [1.54, 1.807) is 7.11 Å². The van der Waals surface area contributed by atoms with Gasteiger partial charge in [-0.05, 0) is 72.8 Å². The largest absolute Gasteiger partial charge is 0.491 e. The highest BCUT2D eigenvalue weighted by atomic mass is 35.5. The predicted molar refractivity (Wildman–Crippen MR) is 109 cm³/mol. The molecule has 3 rings (SSSR count). The highest BCUT2D eigenvalue weighted by molar-refractivity contribution is 6.31. The molecule has 0 bridgehead atoms. The van der Waals surface area contributed by atoms with E-state index in [1.165, 1.54) is 0 Å². The van der Waals surface area contributed by atoms with Gasteiger partial charge in [0.1, 0.15) is 12.4 Å². The third-order valence-electron chi connectivity index (χ3n) is 3.82. The van der Waals surface area contributed by atoms with Crippen molar-refractivity contribution in [1.29, 1.82) is 0 Å². The smallest absolute Gasteiger partial charge is 0.119 e. The third kappa shape index (κ3) is 4.70. The molecule has 26 heavy (non-hydrogen) atoms. The summed E-state index contributed by atoms with van der Waals surface area (Å²) in [5, 5.41) is 1.40. The molecule has 5 heteroatoms. The molecule has 0 aliphatic carbocycles. The maximum Gasteiger partial charge on any atom is 0.119 e. The minimum atomic E-state index is 0.522. The first-order valence-corrected chi connectivity index (χ1v) is 8.96. The monoisotopic (exact) mass is 387 g/mol. The van der Waals surface area contributed by atoms with E-state index in [1.807, 2.05) is 72.8 Å². The molecule has 0 N–H and O–H groups in total. The highest BCUT2D eigenvalue weighted by Gasteiger charge is 2.12. The quantitative estimate of drug-likeness (QED) is 0.432. The minimum absolute atomic E-state index is 0.522. The van der Waals surface area contributed by atoms with E-state index >= 15 is 0 Å². The zero-order chi connectivity index (χ0) is 18.4. The Balaban J connectivity index is 1.92. The van der Waals surface area contributed by atoms with E-state index in [2.05, 4.69) is 4.90 Å². The number of halogens is 2. The maximum absolute atomic E-state index is 6.05. The Morgan fingerprint density at radius 2 is 1.08 bits per heavy atom. The first-order chi connectivity index (χ1) is 12.7. The number of ether oxygens (including phenoxy) is 2. The van der Waals surface area contributed by atoms with Crippen LogP contribution in [0, 0.1) is 0 Å². The van der Waals surface area contributed by atoms with Gasteiger partial charge in [0.05, 0.1) is 6.61 Å². The van der Waals surface area contributed by atoms with Crippen LogP contribution in [-0.2, 0) is 4.74 Å². The van der Waals surface area contributed by atoms with Crippen LogP contribution < -0.4 is 9.64 Å². The van der Waals surface area contributed by atoms with Crippen LogP contribution in [-0.4, -0.2) is 20.3 Å². The summed E-state index contributed by atoms with van der Waals surface area (Å²) in [4.78, 5) is 2.13. The van der Waals surface area contributed by atoms with Crippen LogP contribution in [0.15, 0.2) is 72.8 Å². The second-order valence-electron chi connectivity index (χ2n) is 5.62. The number of methoxy groups -OCH3 is 1. The van der Waals surface area contributed by atoms with Gasteiger partial charge in [0.2, 0.25) is 0 Å². The number of rotatable bonds is 7. The van der Waals surface area contributed by atoms with Gasteiger partial charge in [-0.2, -0.15) is 0 Å². The molecule has 0 saturated heterocycles. The van der Waals surface area contributed by atoms with Gasteiger partial charge in [0.25, 0.3) is 0 Å². The third-order valence-corrected chi connectivity index (χ3v) is 4.32. The molecule has 134 valence electrons. The Morgan fingerprint density at radius 1 is 0.654 bits per heavy atom. The summed E-state index contributed by atoms with van der Waals surface area (Å²) >= 11 is 12.1. The van der Waals surface area contributed by atoms with Crippen molar-refractivity contribution >= 4 is 40.3 Å². The molecule has 3 aromatic carbocycles. The molecule has 0 saturated carbocycles. The Kier molecular flexibility index (Phi) is 6.40. The Morgan fingerprint density at radius 3 is 1.50 bits per heavy atom. The average molecular weight is 388 g/mol. The Labute approximate surface area is 163 Å². The number of nitrogens with zero attached hydrogens (tertiary/aromatic N) is 1. The van der Waals surface area contributed by atoms with Crippen LogP contribution in [0.2, 0.25) is 10.0 Å². The molecule has 0 aliphatic heterocycles. The van der Waals surface area contributed by atoms with Gasteiger partial charge < -0.3 is 14.4 Å². The molecule has 3 nitrogen and oxygen atoms in total. The van der Waals surface area contributed by atoms with Gasteiger partial charge in [-0.25, -0.2) is 0 Å². The Bertz CT molecular complexity index is 773. The lowest BCUT2D eigenvalue weighted by atomic mass is 10.2. The molecule has 0 heterocycles. The van der Waals surface area contributed by atoms with Crippen molar-refractivity contribution in [2.45, 2.75) is 0 Å². The normalized spacial score (nSPS) is 10.6. The molecule has 0 unspecified atom stereocenters. The number of benzene rings is 3. The summed E-state index contributed by atoms with van der Waals surface area (Å²) in [5.74, 6) is 0.804. The van der Waals surface area contributed by atoms with Crippen molar-refractivity contribution in [2.24, 2.45) is 0 Å². The molecule has 0 spiro atoms.